The summed E-state index contributed by atoms with van der Waals surface area (Å²) in [5.74, 6) is -3.13. The Labute approximate surface area is 131 Å². The van der Waals surface area contributed by atoms with Crippen LogP contribution in [0.5, 0.6) is 0 Å². The molecule has 0 atom stereocenters. The number of imide groups is 1. The maximum atomic E-state index is 12.7. The molecular weight excluding hydrogens is 301 g/mol. The van der Waals surface area contributed by atoms with Crippen LogP contribution in [0.3, 0.4) is 0 Å². The third-order valence-electron chi connectivity index (χ3n) is 2.97. The van der Waals surface area contributed by atoms with Crippen LogP contribution < -0.4 is 16.4 Å². The number of carbonyl (C=O) groups excluding carboxylic acids is 3. The van der Waals surface area contributed by atoms with Gasteiger partial charge in [-0.25, -0.2) is 4.39 Å². The van der Waals surface area contributed by atoms with Gasteiger partial charge in [-0.05, 0) is 42.0 Å². The Morgan fingerprint density at radius 3 is 2.13 bits per heavy atom. The van der Waals surface area contributed by atoms with E-state index in [0.29, 0.717) is 11.3 Å². The van der Waals surface area contributed by atoms with Crippen molar-refractivity contribution in [3.63, 3.8) is 0 Å². The van der Waals surface area contributed by atoms with Gasteiger partial charge < -0.3 is 11.1 Å². The van der Waals surface area contributed by atoms with Crippen LogP contribution in [0.25, 0.3) is 0 Å². The molecule has 6 nitrogen and oxygen atoms in total. The summed E-state index contributed by atoms with van der Waals surface area (Å²) in [4.78, 5) is 35.1. The van der Waals surface area contributed by atoms with Gasteiger partial charge in [-0.3, -0.25) is 19.7 Å². The quantitative estimate of drug-likeness (QED) is 0.580. The van der Waals surface area contributed by atoms with Crippen LogP contribution in [0.2, 0.25) is 0 Å². The van der Waals surface area contributed by atoms with Gasteiger partial charge in [-0.1, -0.05) is 12.1 Å². The van der Waals surface area contributed by atoms with Crippen molar-refractivity contribution < 1.29 is 18.8 Å². The Balaban J connectivity index is 1.87. The lowest BCUT2D eigenvalue weighted by atomic mass is 10.2. The van der Waals surface area contributed by atoms with Crippen molar-refractivity contribution >= 4 is 23.4 Å². The first kappa shape index (κ1) is 16.2. The fraction of sp³-hybridized carbons (Fsp3) is 0.0625. The van der Waals surface area contributed by atoms with Crippen LogP contribution in [0, 0.1) is 5.82 Å². The third-order valence-corrected chi connectivity index (χ3v) is 2.97. The second kappa shape index (κ2) is 7.17. The van der Waals surface area contributed by atoms with Gasteiger partial charge in [0.2, 0.25) is 0 Å². The number of amides is 3. The van der Waals surface area contributed by atoms with Crippen molar-refractivity contribution in [1.82, 2.24) is 10.6 Å². The summed E-state index contributed by atoms with van der Waals surface area (Å²) >= 11 is 0. The molecule has 23 heavy (non-hydrogen) atoms. The van der Waals surface area contributed by atoms with Gasteiger partial charge in [-0.15, -0.1) is 0 Å². The molecule has 0 saturated carbocycles. The van der Waals surface area contributed by atoms with Crippen LogP contribution in [0.1, 0.15) is 15.9 Å². The maximum Gasteiger partial charge on any atom is 0.316 e. The monoisotopic (exact) mass is 315 g/mol. The summed E-state index contributed by atoms with van der Waals surface area (Å²) in [6.45, 7) is 0.0442. The lowest BCUT2D eigenvalue weighted by Gasteiger charge is -2.06. The van der Waals surface area contributed by atoms with Gasteiger partial charge in [-0.2, -0.15) is 0 Å². The number of carbonyl (C=O) groups is 3. The normalized spacial score (nSPS) is 9.96. The molecule has 2 aromatic rings. The highest BCUT2D eigenvalue weighted by molar-refractivity contribution is 6.38. The van der Waals surface area contributed by atoms with Crippen LogP contribution in [0.15, 0.2) is 48.5 Å². The third kappa shape index (κ3) is 4.63. The lowest BCUT2D eigenvalue weighted by molar-refractivity contribution is -0.138. The van der Waals surface area contributed by atoms with Crippen molar-refractivity contribution in [2.45, 2.75) is 6.54 Å². The van der Waals surface area contributed by atoms with E-state index in [1.165, 1.54) is 48.5 Å². The summed E-state index contributed by atoms with van der Waals surface area (Å²) in [6, 6.07) is 11.3. The van der Waals surface area contributed by atoms with Crippen molar-refractivity contribution in [1.29, 1.82) is 0 Å². The minimum atomic E-state index is -1.08. The molecular formula is C16H14FN3O3. The minimum Gasteiger partial charge on any atom is -0.399 e. The van der Waals surface area contributed by atoms with Crippen molar-refractivity contribution in [2.24, 2.45) is 0 Å². The second-order valence-corrected chi connectivity index (χ2v) is 4.71. The standard InChI is InChI=1S/C16H14FN3O3/c17-12-5-1-10(2-6-12)9-19-15(22)16(23)20-14(21)11-3-7-13(18)8-4-11/h1-8H,9,18H2,(H,19,22)(H,20,21,23). The van der Waals surface area contributed by atoms with E-state index in [9.17, 15) is 18.8 Å². The fourth-order valence-electron chi connectivity index (χ4n) is 1.73. The fourth-order valence-corrected chi connectivity index (χ4v) is 1.73. The van der Waals surface area contributed by atoms with Gasteiger partial charge >= 0.3 is 11.8 Å². The van der Waals surface area contributed by atoms with Gasteiger partial charge in [0.1, 0.15) is 5.82 Å². The molecule has 4 N–H and O–H groups in total. The van der Waals surface area contributed by atoms with Crippen LogP contribution in [0.4, 0.5) is 10.1 Å². The van der Waals surface area contributed by atoms with Gasteiger partial charge in [0, 0.05) is 17.8 Å². The summed E-state index contributed by atoms with van der Waals surface area (Å²) in [5, 5.41) is 4.31. The molecule has 0 aliphatic rings. The molecule has 0 aromatic heterocycles. The SMILES string of the molecule is Nc1ccc(C(=O)NC(=O)C(=O)NCc2ccc(F)cc2)cc1. The Kier molecular flexibility index (Phi) is 5.03. The van der Waals surface area contributed by atoms with Crippen molar-refractivity contribution in [2.75, 3.05) is 5.73 Å². The molecule has 7 heteroatoms. The largest absolute Gasteiger partial charge is 0.399 e. The summed E-state index contributed by atoms with van der Waals surface area (Å²) in [7, 11) is 0. The number of nitrogens with one attached hydrogen (secondary N) is 2. The topological polar surface area (TPSA) is 101 Å². The van der Waals surface area contributed by atoms with E-state index >= 15 is 0 Å². The second-order valence-electron chi connectivity index (χ2n) is 4.71. The van der Waals surface area contributed by atoms with Crippen LogP contribution in [-0.2, 0) is 16.1 Å². The molecule has 3 amide bonds. The smallest absolute Gasteiger partial charge is 0.316 e. The van der Waals surface area contributed by atoms with E-state index in [2.05, 4.69) is 5.32 Å². The average Bonchev–Trinajstić information content (AvgIpc) is 2.54. The number of nitrogen functional groups attached to an aromatic ring is 1. The number of anilines is 1. The Hall–Kier alpha value is -3.22. The molecule has 0 aliphatic carbocycles. The highest BCUT2D eigenvalue weighted by Gasteiger charge is 2.17. The molecule has 2 rings (SSSR count). The summed E-state index contributed by atoms with van der Waals surface area (Å²) in [5.41, 5.74) is 6.80. The van der Waals surface area contributed by atoms with Crippen LogP contribution >= 0.6 is 0 Å². The predicted octanol–water partition coefficient (Wildman–Crippen LogP) is 0.981. The van der Waals surface area contributed by atoms with E-state index < -0.39 is 23.5 Å². The highest BCUT2D eigenvalue weighted by Crippen LogP contribution is 2.05. The molecule has 2 aromatic carbocycles. The van der Waals surface area contributed by atoms with Crippen LogP contribution in [-0.4, -0.2) is 17.7 Å². The molecule has 0 heterocycles. The highest BCUT2D eigenvalue weighted by atomic mass is 19.1. The molecule has 0 saturated heterocycles. The zero-order valence-electron chi connectivity index (χ0n) is 12.0. The molecule has 0 aliphatic heterocycles. The molecule has 0 fully saturated rings. The van der Waals surface area contributed by atoms with E-state index in [0.717, 1.165) is 0 Å². The summed E-state index contributed by atoms with van der Waals surface area (Å²) in [6.07, 6.45) is 0. The van der Waals surface area contributed by atoms with E-state index in [1.54, 1.807) is 0 Å². The first-order valence-corrected chi connectivity index (χ1v) is 6.69. The Morgan fingerprint density at radius 2 is 1.52 bits per heavy atom. The van der Waals surface area contributed by atoms with Gasteiger partial charge in [0.05, 0.1) is 0 Å². The number of rotatable bonds is 3. The molecule has 118 valence electrons. The Bertz CT molecular complexity index is 727. The minimum absolute atomic E-state index is 0.0442. The molecule has 0 spiro atoms. The van der Waals surface area contributed by atoms with Crippen molar-refractivity contribution in [3.8, 4) is 0 Å². The van der Waals surface area contributed by atoms with Crippen molar-refractivity contribution in [3.05, 3.63) is 65.5 Å². The zero-order chi connectivity index (χ0) is 16.8. The number of nitrogens with two attached hydrogens (primary N) is 1. The number of halogens is 1. The number of benzene rings is 2. The van der Waals surface area contributed by atoms with E-state index in [-0.39, 0.29) is 12.1 Å². The predicted molar refractivity (Wildman–Crippen MR) is 81.6 cm³/mol. The van der Waals surface area contributed by atoms with Gasteiger partial charge in [0.25, 0.3) is 5.91 Å². The number of hydrogen-bond acceptors (Lipinski definition) is 4. The molecule has 0 unspecified atom stereocenters. The first-order chi connectivity index (χ1) is 11.0. The van der Waals surface area contributed by atoms with Gasteiger partial charge in [0.15, 0.2) is 0 Å². The van der Waals surface area contributed by atoms with E-state index in [1.807, 2.05) is 5.32 Å². The Morgan fingerprint density at radius 1 is 0.913 bits per heavy atom. The number of hydrogen-bond donors (Lipinski definition) is 3. The van der Waals surface area contributed by atoms with E-state index in [4.69, 9.17) is 5.73 Å². The molecule has 0 bridgehead atoms. The molecule has 0 radical (unpaired) electrons. The zero-order valence-corrected chi connectivity index (χ0v) is 12.0. The first-order valence-electron chi connectivity index (χ1n) is 6.69. The lowest BCUT2D eigenvalue weighted by Crippen LogP contribution is -2.42. The maximum absolute atomic E-state index is 12.7. The summed E-state index contributed by atoms with van der Waals surface area (Å²) < 4.78 is 12.7. The average molecular weight is 315 g/mol.